The number of alkyl halides is 4. The van der Waals surface area contributed by atoms with Gasteiger partial charge in [0.1, 0.15) is 6.10 Å². The molecule has 0 spiro atoms. The van der Waals surface area contributed by atoms with E-state index in [1.54, 1.807) is 0 Å². The number of hydrogen-bond donors (Lipinski definition) is 2. The predicted molar refractivity (Wildman–Crippen MR) is 65.2 cm³/mol. The molecule has 0 amide bonds. The summed E-state index contributed by atoms with van der Waals surface area (Å²) in [5, 5.41) is 19.8. The van der Waals surface area contributed by atoms with Crippen molar-refractivity contribution in [1.29, 1.82) is 0 Å². The average molecular weight is 344 g/mol. The van der Waals surface area contributed by atoms with E-state index in [4.69, 9.17) is 0 Å². The highest BCUT2D eigenvalue weighted by Crippen LogP contribution is 2.21. The Kier molecular flexibility index (Phi) is 6.02. The number of aliphatic hydroxyl groups is 2. The van der Waals surface area contributed by atoms with Crippen LogP contribution in [0.3, 0.4) is 0 Å². The van der Waals surface area contributed by atoms with Crippen LogP contribution in [0, 0.1) is 0 Å². The Morgan fingerprint density at radius 1 is 1.32 bits per heavy atom. The number of aromatic nitrogens is 1. The standard InChI is InChI=1S/C11H13BrF3NO3/c12-4-3-8(17)10(18)7-1-2-9(16-5-7)19-6-11(13,14)15/h1-2,5,8,10,17-18H,3-4,6H2. The van der Waals surface area contributed by atoms with Crippen LogP contribution in [-0.2, 0) is 0 Å². The van der Waals surface area contributed by atoms with Gasteiger partial charge in [0.25, 0.3) is 0 Å². The first-order valence-corrected chi connectivity index (χ1v) is 6.53. The van der Waals surface area contributed by atoms with Crippen LogP contribution in [0.2, 0.25) is 0 Å². The molecule has 8 heteroatoms. The van der Waals surface area contributed by atoms with Gasteiger partial charge in [-0.05, 0) is 12.5 Å². The zero-order valence-corrected chi connectivity index (χ0v) is 11.4. The third-order valence-electron chi connectivity index (χ3n) is 2.25. The number of aliphatic hydroxyl groups excluding tert-OH is 2. The van der Waals surface area contributed by atoms with Crippen LogP contribution in [0.4, 0.5) is 13.2 Å². The molecule has 0 bridgehead atoms. The maximum Gasteiger partial charge on any atom is 0.422 e. The fourth-order valence-corrected chi connectivity index (χ4v) is 1.77. The van der Waals surface area contributed by atoms with E-state index in [-0.39, 0.29) is 5.88 Å². The Hall–Kier alpha value is -0.860. The van der Waals surface area contributed by atoms with E-state index in [1.807, 2.05) is 0 Å². The Labute approximate surface area is 116 Å². The summed E-state index contributed by atoms with van der Waals surface area (Å²) in [6.07, 6.45) is -5.02. The van der Waals surface area contributed by atoms with Crippen molar-refractivity contribution >= 4 is 15.9 Å². The first-order valence-electron chi connectivity index (χ1n) is 5.41. The zero-order valence-electron chi connectivity index (χ0n) is 9.77. The molecule has 0 radical (unpaired) electrons. The Balaban J connectivity index is 2.60. The third-order valence-corrected chi connectivity index (χ3v) is 2.71. The molecule has 0 fully saturated rings. The van der Waals surface area contributed by atoms with E-state index >= 15 is 0 Å². The summed E-state index contributed by atoms with van der Waals surface area (Å²) >= 11 is 3.13. The maximum absolute atomic E-state index is 11.9. The third kappa shape index (κ3) is 5.75. The second-order valence-corrected chi connectivity index (χ2v) is 4.62. The molecule has 1 heterocycles. The lowest BCUT2D eigenvalue weighted by atomic mass is 10.1. The summed E-state index contributed by atoms with van der Waals surface area (Å²) < 4.78 is 40.2. The Morgan fingerprint density at radius 3 is 2.47 bits per heavy atom. The minimum atomic E-state index is -4.42. The van der Waals surface area contributed by atoms with Gasteiger partial charge in [-0.2, -0.15) is 13.2 Å². The van der Waals surface area contributed by atoms with Crippen molar-refractivity contribution in [2.75, 3.05) is 11.9 Å². The van der Waals surface area contributed by atoms with E-state index in [1.165, 1.54) is 18.3 Å². The summed E-state index contributed by atoms with van der Waals surface area (Å²) in [5.41, 5.74) is 0.313. The smallest absolute Gasteiger partial charge is 0.422 e. The van der Waals surface area contributed by atoms with E-state index in [9.17, 15) is 23.4 Å². The molecule has 2 unspecified atom stereocenters. The highest BCUT2D eigenvalue weighted by Gasteiger charge is 2.28. The second kappa shape index (κ2) is 7.06. The van der Waals surface area contributed by atoms with Crippen LogP contribution >= 0.6 is 15.9 Å². The normalized spacial score (nSPS) is 15.1. The van der Waals surface area contributed by atoms with Crippen molar-refractivity contribution < 1.29 is 28.1 Å². The maximum atomic E-state index is 11.9. The van der Waals surface area contributed by atoms with Crippen LogP contribution in [0.25, 0.3) is 0 Å². The second-order valence-electron chi connectivity index (χ2n) is 3.82. The molecule has 4 nitrogen and oxygen atoms in total. The minimum absolute atomic E-state index is 0.191. The number of halogens is 4. The molecule has 1 rings (SSSR count). The van der Waals surface area contributed by atoms with Gasteiger partial charge in [0.2, 0.25) is 5.88 Å². The summed E-state index contributed by atoms with van der Waals surface area (Å²) in [6.45, 7) is -1.42. The van der Waals surface area contributed by atoms with Gasteiger partial charge in [0.15, 0.2) is 6.61 Å². The van der Waals surface area contributed by atoms with Gasteiger partial charge >= 0.3 is 6.18 Å². The zero-order chi connectivity index (χ0) is 14.5. The topological polar surface area (TPSA) is 62.6 Å². The van der Waals surface area contributed by atoms with Gasteiger partial charge in [-0.25, -0.2) is 4.98 Å². The van der Waals surface area contributed by atoms with Crippen LogP contribution in [-0.4, -0.2) is 39.4 Å². The number of hydrogen-bond acceptors (Lipinski definition) is 4. The highest BCUT2D eigenvalue weighted by molar-refractivity contribution is 9.09. The molecular weight excluding hydrogens is 331 g/mol. The molecule has 0 saturated carbocycles. The van der Waals surface area contributed by atoms with E-state index in [0.29, 0.717) is 17.3 Å². The molecule has 108 valence electrons. The number of rotatable bonds is 6. The molecule has 1 aromatic heterocycles. The van der Waals surface area contributed by atoms with Crippen molar-refractivity contribution in [2.45, 2.75) is 24.8 Å². The molecule has 1 aromatic rings. The van der Waals surface area contributed by atoms with Crippen LogP contribution in [0.5, 0.6) is 5.88 Å². The summed E-state index contributed by atoms with van der Waals surface area (Å²) in [6, 6.07) is 2.58. The van der Waals surface area contributed by atoms with Gasteiger partial charge < -0.3 is 14.9 Å². The minimum Gasteiger partial charge on any atom is -0.468 e. The van der Waals surface area contributed by atoms with E-state index < -0.39 is 25.0 Å². The summed E-state index contributed by atoms with van der Waals surface area (Å²) in [4.78, 5) is 3.64. The van der Waals surface area contributed by atoms with Crippen molar-refractivity contribution in [3.63, 3.8) is 0 Å². The highest BCUT2D eigenvalue weighted by atomic mass is 79.9. The van der Waals surface area contributed by atoms with Crippen LogP contribution in [0.15, 0.2) is 18.3 Å². The fourth-order valence-electron chi connectivity index (χ4n) is 1.30. The number of pyridine rings is 1. The predicted octanol–water partition coefficient (Wildman–Crippen LogP) is 2.20. The summed E-state index contributed by atoms with van der Waals surface area (Å²) in [5.74, 6) is -0.191. The van der Waals surface area contributed by atoms with Crippen molar-refractivity contribution in [3.05, 3.63) is 23.9 Å². The Bertz CT molecular complexity index is 386. The van der Waals surface area contributed by atoms with Gasteiger partial charge in [-0.3, -0.25) is 0 Å². The van der Waals surface area contributed by atoms with Crippen molar-refractivity contribution in [1.82, 2.24) is 4.98 Å². The fraction of sp³-hybridized carbons (Fsp3) is 0.545. The van der Waals surface area contributed by atoms with Gasteiger partial charge in [-0.15, -0.1) is 0 Å². The van der Waals surface area contributed by atoms with Crippen LogP contribution < -0.4 is 4.74 Å². The van der Waals surface area contributed by atoms with Gasteiger partial charge in [0, 0.05) is 23.2 Å². The van der Waals surface area contributed by atoms with E-state index in [2.05, 4.69) is 25.7 Å². The molecule has 0 aliphatic carbocycles. The average Bonchev–Trinajstić information content (AvgIpc) is 2.35. The lowest BCUT2D eigenvalue weighted by molar-refractivity contribution is -0.154. The molecule has 19 heavy (non-hydrogen) atoms. The quantitative estimate of drug-likeness (QED) is 0.777. The molecule has 2 atom stereocenters. The first kappa shape index (κ1) is 16.2. The van der Waals surface area contributed by atoms with Crippen LogP contribution in [0.1, 0.15) is 18.1 Å². The lowest BCUT2D eigenvalue weighted by Crippen LogP contribution is -2.20. The SMILES string of the molecule is OC(CCBr)C(O)c1ccc(OCC(F)(F)F)nc1. The van der Waals surface area contributed by atoms with E-state index in [0.717, 1.165) is 0 Å². The molecule has 0 aromatic carbocycles. The Morgan fingerprint density at radius 2 is 2.00 bits per heavy atom. The molecule has 0 saturated heterocycles. The molecular formula is C11H13BrF3NO3. The summed E-state index contributed by atoms with van der Waals surface area (Å²) in [7, 11) is 0. The first-order chi connectivity index (χ1) is 8.83. The van der Waals surface area contributed by atoms with Gasteiger partial charge in [-0.1, -0.05) is 15.9 Å². The number of nitrogens with zero attached hydrogens (tertiary/aromatic N) is 1. The lowest BCUT2D eigenvalue weighted by Gasteiger charge is -2.17. The largest absolute Gasteiger partial charge is 0.468 e. The van der Waals surface area contributed by atoms with Crippen molar-refractivity contribution in [2.24, 2.45) is 0 Å². The molecule has 2 N–H and O–H groups in total. The molecule has 0 aliphatic rings. The number of ether oxygens (including phenoxy) is 1. The monoisotopic (exact) mass is 343 g/mol. The molecule has 0 aliphatic heterocycles. The van der Waals surface area contributed by atoms with Crippen molar-refractivity contribution in [3.8, 4) is 5.88 Å². The van der Waals surface area contributed by atoms with Gasteiger partial charge in [0.05, 0.1) is 6.10 Å².